The van der Waals surface area contributed by atoms with Gasteiger partial charge in [-0.1, -0.05) is 12.7 Å². The topological polar surface area (TPSA) is 21.6 Å². The van der Waals surface area contributed by atoms with Crippen molar-refractivity contribution >= 4 is 6.21 Å². The van der Waals surface area contributed by atoms with Crippen LogP contribution < -0.4 is 0 Å². The summed E-state index contributed by atoms with van der Waals surface area (Å²) < 4.78 is 5.09. The van der Waals surface area contributed by atoms with Gasteiger partial charge in [-0.2, -0.15) is 0 Å². The van der Waals surface area contributed by atoms with Gasteiger partial charge in [0.2, 0.25) is 0 Å². The lowest BCUT2D eigenvalue weighted by Crippen LogP contribution is -2.06. The van der Waals surface area contributed by atoms with Crippen LogP contribution in [0.1, 0.15) is 13.8 Å². The van der Waals surface area contributed by atoms with Crippen molar-refractivity contribution in [3.63, 3.8) is 0 Å². The average molecular weight is 153 g/mol. The zero-order valence-corrected chi connectivity index (χ0v) is 7.37. The minimum atomic E-state index is 0.0317. The molecule has 0 spiro atoms. The molecule has 0 radical (unpaired) electrons. The standard InChI is InChI=1S/C9H15NO/c1-5-7-9(10-6-2)8(3)11-4/h5-8H,1H2,2-4H3/b9-7-,10-6?/t8-/m0/s1. The molecule has 2 nitrogen and oxygen atoms in total. The van der Waals surface area contributed by atoms with Crippen LogP contribution in [0.2, 0.25) is 0 Å². The van der Waals surface area contributed by atoms with Crippen LogP contribution in [0.15, 0.2) is 29.4 Å². The number of hydrogen-bond donors (Lipinski definition) is 0. The van der Waals surface area contributed by atoms with Crippen molar-refractivity contribution in [1.82, 2.24) is 0 Å². The van der Waals surface area contributed by atoms with Gasteiger partial charge in [0, 0.05) is 13.3 Å². The highest BCUT2D eigenvalue weighted by molar-refractivity contribution is 5.55. The summed E-state index contributed by atoms with van der Waals surface area (Å²) in [5.41, 5.74) is 0.894. The fourth-order valence-electron chi connectivity index (χ4n) is 0.674. The summed E-state index contributed by atoms with van der Waals surface area (Å²) in [7, 11) is 1.66. The van der Waals surface area contributed by atoms with E-state index in [-0.39, 0.29) is 6.10 Å². The van der Waals surface area contributed by atoms with Crippen molar-refractivity contribution in [2.24, 2.45) is 4.99 Å². The molecule has 0 aliphatic carbocycles. The van der Waals surface area contributed by atoms with Gasteiger partial charge in [0.15, 0.2) is 0 Å². The Hall–Kier alpha value is -0.890. The lowest BCUT2D eigenvalue weighted by molar-refractivity contribution is 0.146. The quantitative estimate of drug-likeness (QED) is 0.448. The number of ether oxygens (including phenoxy) is 1. The van der Waals surface area contributed by atoms with E-state index in [4.69, 9.17) is 4.74 Å². The second kappa shape index (κ2) is 5.86. The zero-order chi connectivity index (χ0) is 8.69. The molecule has 0 aliphatic heterocycles. The van der Waals surface area contributed by atoms with Crippen LogP contribution >= 0.6 is 0 Å². The molecule has 0 rings (SSSR count). The van der Waals surface area contributed by atoms with Crippen molar-refractivity contribution in [2.45, 2.75) is 20.0 Å². The Kier molecular flexibility index (Phi) is 5.39. The van der Waals surface area contributed by atoms with Gasteiger partial charge in [-0.05, 0) is 19.9 Å². The predicted octanol–water partition coefficient (Wildman–Crippen LogP) is 2.18. The number of nitrogens with zero attached hydrogens (tertiary/aromatic N) is 1. The summed E-state index contributed by atoms with van der Waals surface area (Å²) in [4.78, 5) is 4.12. The van der Waals surface area contributed by atoms with Gasteiger partial charge in [0.05, 0.1) is 11.8 Å². The van der Waals surface area contributed by atoms with E-state index in [0.717, 1.165) is 5.70 Å². The molecule has 1 atom stereocenters. The van der Waals surface area contributed by atoms with Gasteiger partial charge < -0.3 is 4.74 Å². The minimum Gasteiger partial charge on any atom is -0.375 e. The number of hydrogen-bond acceptors (Lipinski definition) is 2. The molecule has 0 amide bonds. The molecule has 0 fully saturated rings. The SMILES string of the molecule is C=C/C=C(\N=CC)[C@H](C)OC. The van der Waals surface area contributed by atoms with E-state index in [1.807, 2.05) is 19.9 Å². The van der Waals surface area contributed by atoms with Crippen molar-refractivity contribution < 1.29 is 4.74 Å². The van der Waals surface area contributed by atoms with E-state index in [1.165, 1.54) is 0 Å². The molecule has 0 aromatic rings. The average Bonchev–Trinajstić information content (AvgIpc) is 2.03. The van der Waals surface area contributed by atoms with Crippen LogP contribution in [0.3, 0.4) is 0 Å². The fraction of sp³-hybridized carbons (Fsp3) is 0.444. The van der Waals surface area contributed by atoms with Gasteiger partial charge in [-0.15, -0.1) is 0 Å². The highest BCUT2D eigenvalue weighted by Crippen LogP contribution is 2.06. The van der Waals surface area contributed by atoms with Crippen LogP contribution in [0.25, 0.3) is 0 Å². The summed E-state index contributed by atoms with van der Waals surface area (Å²) in [6, 6.07) is 0. The molecule has 0 heterocycles. The van der Waals surface area contributed by atoms with Crippen molar-refractivity contribution in [3.05, 3.63) is 24.4 Å². The predicted molar refractivity (Wildman–Crippen MR) is 48.9 cm³/mol. The summed E-state index contributed by atoms with van der Waals surface area (Å²) in [5.74, 6) is 0. The molecule has 0 unspecified atom stereocenters. The monoisotopic (exact) mass is 153 g/mol. The number of aliphatic imine (C=N–C) groups is 1. The van der Waals surface area contributed by atoms with Crippen molar-refractivity contribution in [1.29, 1.82) is 0 Å². The van der Waals surface area contributed by atoms with Crippen molar-refractivity contribution in [2.75, 3.05) is 7.11 Å². The molecule has 0 aromatic heterocycles. The Morgan fingerprint density at radius 2 is 2.27 bits per heavy atom. The Labute approximate surface area is 68.3 Å². The second-order valence-electron chi connectivity index (χ2n) is 2.09. The molecule has 0 aromatic carbocycles. The first-order valence-corrected chi connectivity index (χ1v) is 3.60. The minimum absolute atomic E-state index is 0.0317. The number of allylic oxidation sites excluding steroid dienone is 2. The maximum Gasteiger partial charge on any atom is 0.0962 e. The number of methoxy groups -OCH3 is 1. The highest BCUT2D eigenvalue weighted by atomic mass is 16.5. The first-order valence-electron chi connectivity index (χ1n) is 3.60. The lowest BCUT2D eigenvalue weighted by Gasteiger charge is -2.08. The first kappa shape index (κ1) is 10.1. The van der Waals surface area contributed by atoms with Crippen LogP contribution in [-0.2, 0) is 4.74 Å². The normalized spacial score (nSPS) is 15.4. The van der Waals surface area contributed by atoms with E-state index in [2.05, 4.69) is 11.6 Å². The van der Waals surface area contributed by atoms with Gasteiger partial charge in [-0.25, -0.2) is 0 Å². The molecular weight excluding hydrogens is 138 g/mol. The summed E-state index contributed by atoms with van der Waals surface area (Å²) in [6.07, 6.45) is 5.32. The fourth-order valence-corrected chi connectivity index (χ4v) is 0.674. The molecule has 62 valence electrons. The Bertz CT molecular complexity index is 170. The highest BCUT2D eigenvalue weighted by Gasteiger charge is 2.02. The summed E-state index contributed by atoms with van der Waals surface area (Å²) in [6.45, 7) is 7.41. The van der Waals surface area contributed by atoms with Crippen LogP contribution in [0.4, 0.5) is 0 Å². The Morgan fingerprint density at radius 3 is 2.64 bits per heavy atom. The third-order valence-corrected chi connectivity index (χ3v) is 1.34. The largest absolute Gasteiger partial charge is 0.375 e. The van der Waals surface area contributed by atoms with Crippen LogP contribution in [0, 0.1) is 0 Å². The maximum absolute atomic E-state index is 5.09. The van der Waals surface area contributed by atoms with Crippen molar-refractivity contribution in [3.8, 4) is 0 Å². The van der Waals surface area contributed by atoms with E-state index in [0.29, 0.717) is 0 Å². The molecule has 11 heavy (non-hydrogen) atoms. The van der Waals surface area contributed by atoms with Gasteiger partial charge in [0.1, 0.15) is 0 Å². The third kappa shape index (κ3) is 3.73. The first-order chi connectivity index (χ1) is 5.26. The van der Waals surface area contributed by atoms with E-state index < -0.39 is 0 Å². The Morgan fingerprint density at radius 1 is 1.64 bits per heavy atom. The Balaban J connectivity index is 4.32. The van der Waals surface area contributed by atoms with Gasteiger partial charge in [-0.3, -0.25) is 4.99 Å². The van der Waals surface area contributed by atoms with E-state index in [1.54, 1.807) is 19.4 Å². The van der Waals surface area contributed by atoms with Crippen LogP contribution in [0.5, 0.6) is 0 Å². The van der Waals surface area contributed by atoms with E-state index >= 15 is 0 Å². The summed E-state index contributed by atoms with van der Waals surface area (Å²) in [5, 5.41) is 0. The molecule has 0 bridgehead atoms. The van der Waals surface area contributed by atoms with Crippen LogP contribution in [-0.4, -0.2) is 19.4 Å². The van der Waals surface area contributed by atoms with Gasteiger partial charge >= 0.3 is 0 Å². The lowest BCUT2D eigenvalue weighted by atomic mass is 10.3. The molecule has 0 N–H and O–H groups in total. The molecule has 2 heteroatoms. The molecule has 0 saturated heterocycles. The maximum atomic E-state index is 5.09. The number of rotatable bonds is 4. The third-order valence-electron chi connectivity index (χ3n) is 1.34. The van der Waals surface area contributed by atoms with Gasteiger partial charge in [0.25, 0.3) is 0 Å². The van der Waals surface area contributed by atoms with E-state index in [9.17, 15) is 0 Å². The molecule has 0 aliphatic rings. The molecular formula is C9H15NO. The summed E-state index contributed by atoms with van der Waals surface area (Å²) >= 11 is 0. The second-order valence-corrected chi connectivity index (χ2v) is 2.09. The smallest absolute Gasteiger partial charge is 0.0962 e. The zero-order valence-electron chi connectivity index (χ0n) is 7.37. The molecule has 0 saturated carbocycles.